The van der Waals surface area contributed by atoms with Crippen LogP contribution in [0, 0.1) is 19.8 Å². The number of aromatic nitrogens is 2. The van der Waals surface area contributed by atoms with Gasteiger partial charge in [0.1, 0.15) is 5.75 Å². The lowest BCUT2D eigenvalue weighted by molar-refractivity contribution is 0.102. The van der Waals surface area contributed by atoms with E-state index in [0.717, 1.165) is 22.6 Å². The standard InChI is InChI=1S/C23H25N3O2/c1-16-12-17(2)26(25-16)14-19-6-5-7-20(13-19)24-23(27)21-8-3-4-9-22(21)28-15-18-10-11-18/h3-9,12-13,18H,10-11,14-15H2,1-2H3,(H,24,27). The van der Waals surface area contributed by atoms with Crippen LogP contribution >= 0.6 is 0 Å². The van der Waals surface area contributed by atoms with E-state index >= 15 is 0 Å². The molecule has 28 heavy (non-hydrogen) atoms. The fraction of sp³-hybridized carbons (Fsp3) is 0.304. The van der Waals surface area contributed by atoms with E-state index in [1.54, 1.807) is 6.07 Å². The highest BCUT2D eigenvalue weighted by Gasteiger charge is 2.23. The number of aryl methyl sites for hydroxylation is 2. The molecule has 1 saturated carbocycles. The van der Waals surface area contributed by atoms with E-state index < -0.39 is 0 Å². The van der Waals surface area contributed by atoms with Gasteiger partial charge in [0.15, 0.2) is 0 Å². The van der Waals surface area contributed by atoms with Crippen LogP contribution in [0.2, 0.25) is 0 Å². The molecule has 1 aliphatic rings. The molecule has 1 N–H and O–H groups in total. The van der Waals surface area contributed by atoms with Gasteiger partial charge in [-0.25, -0.2) is 0 Å². The van der Waals surface area contributed by atoms with E-state index in [4.69, 9.17) is 4.74 Å². The second-order valence-corrected chi connectivity index (χ2v) is 7.49. The first-order chi connectivity index (χ1) is 13.6. The first-order valence-corrected chi connectivity index (χ1v) is 9.71. The molecule has 0 saturated heterocycles. The third kappa shape index (κ3) is 4.42. The van der Waals surface area contributed by atoms with Crippen LogP contribution in [0.4, 0.5) is 5.69 Å². The number of ether oxygens (including phenoxy) is 1. The predicted molar refractivity (Wildman–Crippen MR) is 110 cm³/mol. The van der Waals surface area contributed by atoms with Crippen molar-refractivity contribution in [2.75, 3.05) is 11.9 Å². The number of amides is 1. The molecule has 144 valence electrons. The van der Waals surface area contributed by atoms with Gasteiger partial charge in [0, 0.05) is 11.4 Å². The molecule has 5 heteroatoms. The summed E-state index contributed by atoms with van der Waals surface area (Å²) in [5, 5.41) is 7.51. The molecule has 1 fully saturated rings. The van der Waals surface area contributed by atoms with Crippen molar-refractivity contribution < 1.29 is 9.53 Å². The molecular weight excluding hydrogens is 350 g/mol. The minimum absolute atomic E-state index is 0.158. The van der Waals surface area contributed by atoms with Crippen LogP contribution in [0.3, 0.4) is 0 Å². The summed E-state index contributed by atoms with van der Waals surface area (Å²) in [5.41, 5.74) is 4.54. The highest BCUT2D eigenvalue weighted by molar-refractivity contribution is 6.06. The van der Waals surface area contributed by atoms with Gasteiger partial charge < -0.3 is 10.1 Å². The van der Waals surface area contributed by atoms with Crippen molar-refractivity contribution in [2.45, 2.75) is 33.2 Å². The van der Waals surface area contributed by atoms with Gasteiger partial charge in [-0.2, -0.15) is 5.10 Å². The van der Waals surface area contributed by atoms with E-state index in [1.165, 1.54) is 12.8 Å². The number of carbonyl (C=O) groups is 1. The van der Waals surface area contributed by atoms with Crippen LogP contribution < -0.4 is 10.1 Å². The molecule has 3 aromatic rings. The Kier molecular flexibility index (Phi) is 5.15. The van der Waals surface area contributed by atoms with E-state index in [1.807, 2.05) is 61.0 Å². The number of hydrogen-bond acceptors (Lipinski definition) is 3. The summed E-state index contributed by atoms with van der Waals surface area (Å²) in [4.78, 5) is 12.8. The number of para-hydroxylation sites is 1. The van der Waals surface area contributed by atoms with Gasteiger partial charge in [-0.3, -0.25) is 9.48 Å². The van der Waals surface area contributed by atoms with E-state index in [2.05, 4.69) is 16.5 Å². The Bertz CT molecular complexity index is 989. The third-order valence-electron chi connectivity index (χ3n) is 4.92. The van der Waals surface area contributed by atoms with Crippen LogP contribution in [-0.2, 0) is 6.54 Å². The Balaban J connectivity index is 1.47. The number of nitrogens with zero attached hydrogens (tertiary/aromatic N) is 2. The summed E-state index contributed by atoms with van der Waals surface area (Å²) in [5.74, 6) is 1.13. The zero-order valence-electron chi connectivity index (χ0n) is 16.3. The predicted octanol–water partition coefficient (Wildman–Crippen LogP) is 4.59. The van der Waals surface area contributed by atoms with Crippen LogP contribution in [-0.4, -0.2) is 22.3 Å². The number of hydrogen-bond donors (Lipinski definition) is 1. The maximum absolute atomic E-state index is 12.8. The van der Waals surface area contributed by atoms with Crippen molar-refractivity contribution in [3.63, 3.8) is 0 Å². The third-order valence-corrected chi connectivity index (χ3v) is 4.92. The number of rotatable bonds is 7. The van der Waals surface area contributed by atoms with Gasteiger partial charge in [-0.1, -0.05) is 24.3 Å². The molecule has 1 heterocycles. The fourth-order valence-electron chi connectivity index (χ4n) is 3.23. The largest absolute Gasteiger partial charge is 0.492 e. The summed E-state index contributed by atoms with van der Waals surface area (Å²) in [6.45, 7) is 5.39. The Morgan fingerprint density at radius 1 is 1.14 bits per heavy atom. The summed E-state index contributed by atoms with van der Waals surface area (Å²) >= 11 is 0. The van der Waals surface area contributed by atoms with E-state index in [0.29, 0.717) is 30.4 Å². The minimum Gasteiger partial charge on any atom is -0.492 e. The van der Waals surface area contributed by atoms with Crippen molar-refractivity contribution in [3.05, 3.63) is 77.1 Å². The smallest absolute Gasteiger partial charge is 0.259 e. The summed E-state index contributed by atoms with van der Waals surface area (Å²) in [6.07, 6.45) is 2.44. The lowest BCUT2D eigenvalue weighted by Crippen LogP contribution is -2.14. The van der Waals surface area contributed by atoms with Crippen molar-refractivity contribution in [1.29, 1.82) is 0 Å². The molecule has 0 unspecified atom stereocenters. The Morgan fingerprint density at radius 2 is 1.96 bits per heavy atom. The van der Waals surface area contributed by atoms with Gasteiger partial charge in [0.2, 0.25) is 0 Å². The van der Waals surface area contributed by atoms with Crippen molar-refractivity contribution in [3.8, 4) is 5.75 Å². The van der Waals surface area contributed by atoms with Crippen LogP contribution in [0.1, 0.15) is 40.2 Å². The Labute approximate surface area is 165 Å². The molecule has 0 bridgehead atoms. The number of anilines is 1. The first-order valence-electron chi connectivity index (χ1n) is 9.71. The lowest BCUT2D eigenvalue weighted by Gasteiger charge is -2.12. The number of nitrogens with one attached hydrogen (secondary N) is 1. The molecule has 0 atom stereocenters. The quantitative estimate of drug-likeness (QED) is 0.657. The second-order valence-electron chi connectivity index (χ2n) is 7.49. The highest BCUT2D eigenvalue weighted by Crippen LogP contribution is 2.30. The number of benzene rings is 2. The zero-order chi connectivity index (χ0) is 19.5. The zero-order valence-corrected chi connectivity index (χ0v) is 16.3. The summed E-state index contributed by atoms with van der Waals surface area (Å²) in [7, 11) is 0. The van der Waals surface area contributed by atoms with E-state index in [-0.39, 0.29) is 5.91 Å². The molecule has 0 radical (unpaired) electrons. The average molecular weight is 375 g/mol. The summed E-state index contributed by atoms with van der Waals surface area (Å²) in [6, 6.07) is 17.4. The van der Waals surface area contributed by atoms with Gasteiger partial charge in [0.25, 0.3) is 5.91 Å². The normalized spacial score (nSPS) is 13.4. The fourth-order valence-corrected chi connectivity index (χ4v) is 3.23. The first kappa shape index (κ1) is 18.3. The van der Waals surface area contributed by atoms with Gasteiger partial charge in [0.05, 0.1) is 24.4 Å². The molecule has 1 amide bonds. The molecule has 1 aliphatic carbocycles. The van der Waals surface area contributed by atoms with Crippen LogP contribution in [0.15, 0.2) is 54.6 Å². The maximum atomic E-state index is 12.8. The van der Waals surface area contributed by atoms with Crippen molar-refractivity contribution in [1.82, 2.24) is 9.78 Å². The SMILES string of the molecule is Cc1cc(C)n(Cc2cccc(NC(=O)c3ccccc3OCC3CC3)c2)n1. The molecule has 1 aromatic heterocycles. The molecule has 0 aliphatic heterocycles. The van der Waals surface area contributed by atoms with Crippen molar-refractivity contribution >= 4 is 11.6 Å². The van der Waals surface area contributed by atoms with Gasteiger partial charge in [-0.15, -0.1) is 0 Å². The Morgan fingerprint density at radius 3 is 2.71 bits per heavy atom. The highest BCUT2D eigenvalue weighted by atomic mass is 16.5. The monoisotopic (exact) mass is 375 g/mol. The summed E-state index contributed by atoms with van der Waals surface area (Å²) < 4.78 is 7.84. The molecule has 0 spiro atoms. The second kappa shape index (κ2) is 7.89. The lowest BCUT2D eigenvalue weighted by atomic mass is 10.1. The van der Waals surface area contributed by atoms with E-state index in [9.17, 15) is 4.79 Å². The number of carbonyl (C=O) groups excluding carboxylic acids is 1. The molecule has 2 aromatic carbocycles. The molecule has 4 rings (SSSR count). The van der Waals surface area contributed by atoms with Crippen molar-refractivity contribution in [2.24, 2.45) is 5.92 Å². The Hall–Kier alpha value is -3.08. The minimum atomic E-state index is -0.158. The van der Waals surface area contributed by atoms with Gasteiger partial charge in [-0.05, 0) is 68.5 Å². The topological polar surface area (TPSA) is 56.2 Å². The maximum Gasteiger partial charge on any atom is 0.259 e. The van der Waals surface area contributed by atoms with Gasteiger partial charge >= 0.3 is 0 Å². The van der Waals surface area contributed by atoms with Crippen LogP contribution in [0.5, 0.6) is 5.75 Å². The average Bonchev–Trinajstić information content (AvgIpc) is 3.45. The van der Waals surface area contributed by atoms with Crippen LogP contribution in [0.25, 0.3) is 0 Å². The molecule has 5 nitrogen and oxygen atoms in total. The molecular formula is C23H25N3O2.